The summed E-state index contributed by atoms with van der Waals surface area (Å²) in [5.41, 5.74) is 0. The molecular weight excluding hydrogens is 270 g/mol. The third-order valence-corrected chi connectivity index (χ3v) is 3.78. The lowest BCUT2D eigenvalue weighted by Crippen LogP contribution is -2.54. The molecule has 0 aromatic heterocycles. The van der Waals surface area contributed by atoms with Gasteiger partial charge >= 0.3 is 0 Å². The summed E-state index contributed by atoms with van der Waals surface area (Å²) < 4.78 is 5.44. The first-order chi connectivity index (χ1) is 8.74. The standard InChI is InChI=1S/C12H19N3O3.ClH/c16-11-7-14(3-4-15(11)9-1-2-9)12(17)8-18-10-5-13-6-10;/h9-10,13H,1-8H2;1H. The molecule has 2 amide bonds. The van der Waals surface area contributed by atoms with Crippen LogP contribution in [0.15, 0.2) is 0 Å². The zero-order valence-electron chi connectivity index (χ0n) is 10.8. The van der Waals surface area contributed by atoms with E-state index in [2.05, 4.69) is 5.32 Å². The molecule has 0 aromatic rings. The largest absolute Gasteiger partial charge is 0.366 e. The van der Waals surface area contributed by atoms with Crippen LogP contribution in [0.25, 0.3) is 0 Å². The Kier molecular flexibility index (Phi) is 4.65. The minimum Gasteiger partial charge on any atom is -0.366 e. The molecule has 1 saturated carbocycles. The van der Waals surface area contributed by atoms with Gasteiger partial charge in [0.25, 0.3) is 0 Å². The molecule has 3 aliphatic rings. The van der Waals surface area contributed by atoms with Crippen LogP contribution in [-0.2, 0) is 14.3 Å². The molecule has 0 atom stereocenters. The zero-order valence-corrected chi connectivity index (χ0v) is 11.7. The maximum absolute atomic E-state index is 11.9. The van der Waals surface area contributed by atoms with E-state index in [9.17, 15) is 9.59 Å². The van der Waals surface area contributed by atoms with Crippen LogP contribution in [-0.4, -0.2) is 73.1 Å². The summed E-state index contributed by atoms with van der Waals surface area (Å²) in [4.78, 5) is 27.3. The van der Waals surface area contributed by atoms with Crippen LogP contribution in [0.1, 0.15) is 12.8 Å². The quantitative estimate of drug-likeness (QED) is 0.738. The first-order valence-electron chi connectivity index (χ1n) is 6.63. The number of halogens is 1. The third kappa shape index (κ3) is 3.38. The molecule has 6 nitrogen and oxygen atoms in total. The predicted molar refractivity (Wildman–Crippen MR) is 71.2 cm³/mol. The first kappa shape index (κ1) is 14.6. The van der Waals surface area contributed by atoms with Gasteiger partial charge in [0.2, 0.25) is 11.8 Å². The lowest BCUT2D eigenvalue weighted by atomic mass is 10.2. The molecule has 2 aliphatic heterocycles. The molecule has 1 N–H and O–H groups in total. The monoisotopic (exact) mass is 289 g/mol. The topological polar surface area (TPSA) is 61.9 Å². The van der Waals surface area contributed by atoms with Gasteiger partial charge in [0.15, 0.2) is 0 Å². The van der Waals surface area contributed by atoms with Gasteiger partial charge in [0.1, 0.15) is 6.61 Å². The van der Waals surface area contributed by atoms with E-state index in [1.165, 1.54) is 0 Å². The van der Waals surface area contributed by atoms with Crippen molar-refractivity contribution in [1.82, 2.24) is 15.1 Å². The van der Waals surface area contributed by atoms with Crippen molar-refractivity contribution in [2.45, 2.75) is 25.0 Å². The lowest BCUT2D eigenvalue weighted by Gasteiger charge is -2.35. The van der Waals surface area contributed by atoms with E-state index in [-0.39, 0.29) is 43.5 Å². The van der Waals surface area contributed by atoms with Crippen molar-refractivity contribution < 1.29 is 14.3 Å². The van der Waals surface area contributed by atoms with E-state index in [1.807, 2.05) is 4.90 Å². The zero-order chi connectivity index (χ0) is 12.5. The summed E-state index contributed by atoms with van der Waals surface area (Å²) in [6.45, 7) is 3.29. The molecule has 2 saturated heterocycles. The van der Waals surface area contributed by atoms with Crippen molar-refractivity contribution in [3.05, 3.63) is 0 Å². The second kappa shape index (κ2) is 6.07. The number of nitrogens with zero attached hydrogens (tertiary/aromatic N) is 2. The summed E-state index contributed by atoms with van der Waals surface area (Å²) in [6, 6.07) is 0.451. The molecule has 1 aliphatic carbocycles. The fraction of sp³-hybridized carbons (Fsp3) is 0.833. The van der Waals surface area contributed by atoms with Gasteiger partial charge in [-0.2, -0.15) is 0 Å². The Morgan fingerprint density at radius 3 is 2.58 bits per heavy atom. The Balaban J connectivity index is 0.00000133. The van der Waals surface area contributed by atoms with Crippen LogP contribution in [0.3, 0.4) is 0 Å². The summed E-state index contributed by atoms with van der Waals surface area (Å²) in [5.74, 6) is 0.0214. The number of carbonyl (C=O) groups is 2. The number of piperazine rings is 1. The highest BCUT2D eigenvalue weighted by Crippen LogP contribution is 2.27. The molecule has 108 valence electrons. The van der Waals surface area contributed by atoms with E-state index in [4.69, 9.17) is 4.74 Å². The molecule has 0 unspecified atom stereocenters. The number of amides is 2. The lowest BCUT2D eigenvalue weighted by molar-refractivity contribution is -0.149. The van der Waals surface area contributed by atoms with Crippen molar-refractivity contribution in [3.8, 4) is 0 Å². The van der Waals surface area contributed by atoms with Gasteiger partial charge in [0.05, 0.1) is 12.6 Å². The van der Waals surface area contributed by atoms with E-state index in [0.29, 0.717) is 19.1 Å². The molecular formula is C12H20ClN3O3. The Labute approximate surface area is 118 Å². The smallest absolute Gasteiger partial charge is 0.249 e. The van der Waals surface area contributed by atoms with E-state index < -0.39 is 0 Å². The Morgan fingerprint density at radius 1 is 1.32 bits per heavy atom. The summed E-state index contributed by atoms with van der Waals surface area (Å²) in [6.07, 6.45) is 2.41. The average Bonchev–Trinajstić information content (AvgIpc) is 3.10. The minimum absolute atomic E-state index is 0. The van der Waals surface area contributed by atoms with Crippen molar-refractivity contribution >= 4 is 24.2 Å². The van der Waals surface area contributed by atoms with Crippen LogP contribution >= 0.6 is 12.4 Å². The summed E-state index contributed by atoms with van der Waals surface area (Å²) in [7, 11) is 0. The fourth-order valence-corrected chi connectivity index (χ4v) is 2.33. The molecule has 7 heteroatoms. The molecule has 0 radical (unpaired) electrons. The summed E-state index contributed by atoms with van der Waals surface area (Å²) >= 11 is 0. The van der Waals surface area contributed by atoms with Gasteiger partial charge in [-0.1, -0.05) is 0 Å². The molecule has 0 aromatic carbocycles. The van der Waals surface area contributed by atoms with Crippen LogP contribution in [0.5, 0.6) is 0 Å². The maximum atomic E-state index is 11.9. The molecule has 2 heterocycles. The molecule has 19 heavy (non-hydrogen) atoms. The van der Waals surface area contributed by atoms with Crippen LogP contribution in [0, 0.1) is 0 Å². The van der Waals surface area contributed by atoms with Gasteiger partial charge in [-0.25, -0.2) is 0 Å². The predicted octanol–water partition coefficient (Wildman–Crippen LogP) is -0.770. The van der Waals surface area contributed by atoms with Gasteiger partial charge in [-0.05, 0) is 12.8 Å². The number of hydrogen-bond donors (Lipinski definition) is 1. The van der Waals surface area contributed by atoms with Crippen molar-refractivity contribution in [2.75, 3.05) is 39.3 Å². The number of nitrogens with one attached hydrogen (secondary N) is 1. The Bertz CT molecular complexity index is 358. The fourth-order valence-electron chi connectivity index (χ4n) is 2.33. The summed E-state index contributed by atoms with van der Waals surface area (Å²) in [5, 5.41) is 3.09. The van der Waals surface area contributed by atoms with Crippen molar-refractivity contribution in [1.29, 1.82) is 0 Å². The second-order valence-corrected chi connectivity index (χ2v) is 5.22. The third-order valence-electron chi connectivity index (χ3n) is 3.78. The number of hydrogen-bond acceptors (Lipinski definition) is 4. The molecule has 0 spiro atoms. The molecule has 3 fully saturated rings. The highest BCUT2D eigenvalue weighted by Gasteiger charge is 2.36. The highest BCUT2D eigenvalue weighted by atomic mass is 35.5. The highest BCUT2D eigenvalue weighted by molar-refractivity contribution is 5.86. The normalized spacial score (nSPS) is 23.9. The van der Waals surface area contributed by atoms with Crippen molar-refractivity contribution in [2.24, 2.45) is 0 Å². The second-order valence-electron chi connectivity index (χ2n) is 5.22. The van der Waals surface area contributed by atoms with E-state index in [0.717, 1.165) is 25.9 Å². The first-order valence-corrected chi connectivity index (χ1v) is 6.63. The van der Waals surface area contributed by atoms with Gasteiger partial charge in [0, 0.05) is 32.2 Å². The number of ether oxygens (including phenoxy) is 1. The average molecular weight is 290 g/mol. The maximum Gasteiger partial charge on any atom is 0.249 e. The van der Waals surface area contributed by atoms with Crippen LogP contribution in [0.2, 0.25) is 0 Å². The minimum atomic E-state index is -0.0642. The van der Waals surface area contributed by atoms with E-state index >= 15 is 0 Å². The Morgan fingerprint density at radius 2 is 2.05 bits per heavy atom. The van der Waals surface area contributed by atoms with Crippen molar-refractivity contribution in [3.63, 3.8) is 0 Å². The van der Waals surface area contributed by atoms with Gasteiger partial charge in [-0.15, -0.1) is 12.4 Å². The van der Waals surface area contributed by atoms with Crippen LogP contribution in [0.4, 0.5) is 0 Å². The SMILES string of the molecule is Cl.O=C(COC1CNC1)N1CCN(C2CC2)C(=O)C1. The Hall–Kier alpha value is -0.850. The van der Waals surface area contributed by atoms with Gasteiger partial charge < -0.3 is 19.9 Å². The molecule has 3 rings (SSSR count). The van der Waals surface area contributed by atoms with Gasteiger partial charge in [-0.3, -0.25) is 9.59 Å². The number of carbonyl (C=O) groups excluding carboxylic acids is 2. The van der Waals surface area contributed by atoms with E-state index in [1.54, 1.807) is 4.90 Å². The number of rotatable bonds is 4. The van der Waals surface area contributed by atoms with Crippen LogP contribution < -0.4 is 5.32 Å². The molecule has 0 bridgehead atoms.